The zero-order valence-electron chi connectivity index (χ0n) is 16.4. The standard InChI is InChI=1S/C19H22BrClN6OS/c1-11(2)9-23-16-14-10-24-27(17(14)26-19(25-16)29-3)7-6-22-18(28)13-8-12(20)4-5-15(13)21/h4-5,8,10-11H,6-7,9H2,1-3H3,(H,22,28)(H,23,25,26). The number of aromatic nitrogens is 4. The molecule has 0 aliphatic rings. The van der Waals surface area contributed by atoms with Crippen LogP contribution in [-0.2, 0) is 6.54 Å². The largest absolute Gasteiger partial charge is 0.369 e. The van der Waals surface area contributed by atoms with Crippen LogP contribution in [0.5, 0.6) is 0 Å². The van der Waals surface area contributed by atoms with Crippen molar-refractivity contribution in [3.63, 3.8) is 0 Å². The van der Waals surface area contributed by atoms with Gasteiger partial charge in [-0.1, -0.05) is 53.1 Å². The first-order valence-electron chi connectivity index (χ1n) is 9.13. The Morgan fingerprint density at radius 1 is 1.34 bits per heavy atom. The van der Waals surface area contributed by atoms with Crippen LogP contribution in [0.2, 0.25) is 5.02 Å². The van der Waals surface area contributed by atoms with Crippen LogP contribution in [0.25, 0.3) is 11.0 Å². The molecule has 0 unspecified atom stereocenters. The van der Waals surface area contributed by atoms with Crippen LogP contribution in [0.15, 0.2) is 34.0 Å². The lowest BCUT2D eigenvalue weighted by Gasteiger charge is -2.11. The maximum Gasteiger partial charge on any atom is 0.252 e. The smallest absolute Gasteiger partial charge is 0.252 e. The van der Waals surface area contributed by atoms with Crippen LogP contribution < -0.4 is 10.6 Å². The molecule has 0 aliphatic carbocycles. The molecule has 154 valence electrons. The molecule has 0 bridgehead atoms. The topological polar surface area (TPSA) is 84.7 Å². The van der Waals surface area contributed by atoms with Gasteiger partial charge in [0.1, 0.15) is 5.82 Å². The minimum absolute atomic E-state index is 0.230. The molecule has 0 radical (unpaired) electrons. The number of hydrogen-bond acceptors (Lipinski definition) is 6. The molecule has 0 saturated carbocycles. The van der Waals surface area contributed by atoms with E-state index in [-0.39, 0.29) is 5.91 Å². The summed E-state index contributed by atoms with van der Waals surface area (Å²) in [5.41, 5.74) is 1.17. The van der Waals surface area contributed by atoms with Crippen molar-refractivity contribution in [2.75, 3.05) is 24.7 Å². The van der Waals surface area contributed by atoms with E-state index in [1.54, 1.807) is 29.1 Å². The summed E-state index contributed by atoms with van der Waals surface area (Å²) in [7, 11) is 0. The third-order valence-corrected chi connectivity index (χ3v) is 5.49. The van der Waals surface area contributed by atoms with Crippen molar-refractivity contribution in [2.45, 2.75) is 25.5 Å². The number of thioether (sulfide) groups is 1. The fourth-order valence-electron chi connectivity index (χ4n) is 2.67. The van der Waals surface area contributed by atoms with Crippen molar-refractivity contribution < 1.29 is 4.79 Å². The first-order valence-corrected chi connectivity index (χ1v) is 11.5. The second-order valence-electron chi connectivity index (χ2n) is 6.82. The third kappa shape index (κ3) is 5.40. The van der Waals surface area contributed by atoms with Gasteiger partial charge in [-0.25, -0.2) is 14.6 Å². The summed E-state index contributed by atoms with van der Waals surface area (Å²) in [4.78, 5) is 21.6. The van der Waals surface area contributed by atoms with Crippen molar-refractivity contribution in [3.8, 4) is 0 Å². The average Bonchev–Trinajstić information content (AvgIpc) is 3.10. The Balaban J connectivity index is 1.74. The average molecular weight is 498 g/mol. The summed E-state index contributed by atoms with van der Waals surface area (Å²) in [6.07, 6.45) is 3.70. The summed E-state index contributed by atoms with van der Waals surface area (Å²) < 4.78 is 2.58. The number of hydrogen-bond donors (Lipinski definition) is 2. The molecular formula is C19H22BrClN6OS. The summed E-state index contributed by atoms with van der Waals surface area (Å²) in [6, 6.07) is 5.18. The van der Waals surface area contributed by atoms with Gasteiger partial charge < -0.3 is 10.6 Å². The molecule has 7 nitrogen and oxygen atoms in total. The summed E-state index contributed by atoms with van der Waals surface area (Å²) in [5.74, 6) is 1.04. The van der Waals surface area contributed by atoms with Crippen molar-refractivity contribution >= 4 is 62.1 Å². The highest BCUT2D eigenvalue weighted by Gasteiger charge is 2.14. The van der Waals surface area contributed by atoms with Crippen LogP contribution in [0.1, 0.15) is 24.2 Å². The zero-order valence-corrected chi connectivity index (χ0v) is 19.5. The van der Waals surface area contributed by atoms with E-state index in [4.69, 9.17) is 11.6 Å². The maximum atomic E-state index is 12.4. The fraction of sp³-hybridized carbons (Fsp3) is 0.368. The van der Waals surface area contributed by atoms with E-state index < -0.39 is 0 Å². The Kier molecular flexibility index (Phi) is 7.37. The van der Waals surface area contributed by atoms with Crippen molar-refractivity contribution in [1.82, 2.24) is 25.1 Å². The molecule has 0 atom stereocenters. The van der Waals surface area contributed by atoms with Crippen molar-refractivity contribution in [2.24, 2.45) is 5.92 Å². The van der Waals surface area contributed by atoms with Gasteiger partial charge >= 0.3 is 0 Å². The van der Waals surface area contributed by atoms with E-state index in [1.165, 1.54) is 11.8 Å². The van der Waals surface area contributed by atoms with Crippen molar-refractivity contribution in [3.05, 3.63) is 39.5 Å². The predicted octanol–water partition coefficient (Wildman–Crippen LogP) is 4.46. The van der Waals surface area contributed by atoms with Crippen LogP contribution in [-0.4, -0.2) is 45.0 Å². The quantitative estimate of drug-likeness (QED) is 0.353. The first kappa shape index (κ1) is 21.9. The predicted molar refractivity (Wildman–Crippen MR) is 122 cm³/mol. The van der Waals surface area contributed by atoms with Gasteiger partial charge in [0.2, 0.25) is 0 Å². The Hall–Kier alpha value is -1.84. The fourth-order valence-corrected chi connectivity index (χ4v) is 3.59. The van der Waals surface area contributed by atoms with Gasteiger partial charge in [-0.15, -0.1) is 0 Å². The number of nitrogens with zero attached hydrogens (tertiary/aromatic N) is 4. The van der Waals surface area contributed by atoms with Gasteiger partial charge in [-0.3, -0.25) is 4.79 Å². The van der Waals surface area contributed by atoms with E-state index in [0.717, 1.165) is 27.9 Å². The number of rotatable bonds is 8. The number of amides is 1. The highest BCUT2D eigenvalue weighted by atomic mass is 79.9. The van der Waals surface area contributed by atoms with E-state index in [1.807, 2.05) is 6.26 Å². The second-order valence-corrected chi connectivity index (χ2v) is 8.91. The summed E-state index contributed by atoms with van der Waals surface area (Å²) in [6.45, 7) is 5.98. The Bertz CT molecular complexity index is 1030. The highest BCUT2D eigenvalue weighted by molar-refractivity contribution is 9.10. The number of fused-ring (bicyclic) bond motifs is 1. The van der Waals surface area contributed by atoms with Gasteiger partial charge in [0.05, 0.1) is 28.7 Å². The molecular weight excluding hydrogens is 476 g/mol. The minimum atomic E-state index is -0.230. The first-order chi connectivity index (χ1) is 13.9. The van der Waals surface area contributed by atoms with Gasteiger partial charge in [-0.05, 0) is 30.4 Å². The highest BCUT2D eigenvalue weighted by Crippen LogP contribution is 2.24. The molecule has 1 aromatic carbocycles. The summed E-state index contributed by atoms with van der Waals surface area (Å²) >= 11 is 11.0. The van der Waals surface area contributed by atoms with Crippen LogP contribution in [0, 0.1) is 5.92 Å². The Morgan fingerprint density at radius 3 is 2.86 bits per heavy atom. The molecule has 3 rings (SSSR count). The normalized spacial score (nSPS) is 11.2. The number of carbonyl (C=O) groups is 1. The molecule has 2 aromatic heterocycles. The summed E-state index contributed by atoms with van der Waals surface area (Å²) in [5, 5.41) is 12.7. The van der Waals surface area contributed by atoms with E-state index in [9.17, 15) is 4.79 Å². The second kappa shape index (κ2) is 9.77. The molecule has 2 N–H and O–H groups in total. The molecule has 0 saturated heterocycles. The minimum Gasteiger partial charge on any atom is -0.369 e. The molecule has 0 fully saturated rings. The molecule has 1 amide bonds. The molecule has 10 heteroatoms. The van der Waals surface area contributed by atoms with Gasteiger partial charge in [0.15, 0.2) is 10.8 Å². The lowest BCUT2D eigenvalue weighted by atomic mass is 10.2. The lowest BCUT2D eigenvalue weighted by molar-refractivity contribution is 0.0952. The van der Waals surface area contributed by atoms with Crippen LogP contribution >= 0.6 is 39.3 Å². The zero-order chi connectivity index (χ0) is 21.0. The molecule has 29 heavy (non-hydrogen) atoms. The van der Waals surface area contributed by atoms with E-state index in [2.05, 4.69) is 55.5 Å². The number of carbonyl (C=O) groups excluding carboxylic acids is 1. The van der Waals surface area contributed by atoms with Gasteiger partial charge in [0.25, 0.3) is 5.91 Å². The SMILES string of the molecule is CSc1nc(NCC(C)C)c2cnn(CCNC(=O)c3cc(Br)ccc3Cl)c2n1. The number of anilines is 1. The number of halogens is 2. The molecule has 0 aliphatic heterocycles. The van der Waals surface area contributed by atoms with E-state index >= 15 is 0 Å². The third-order valence-electron chi connectivity index (χ3n) is 4.12. The number of benzene rings is 1. The molecule has 3 aromatic rings. The van der Waals surface area contributed by atoms with Crippen LogP contribution in [0.3, 0.4) is 0 Å². The van der Waals surface area contributed by atoms with Crippen molar-refractivity contribution in [1.29, 1.82) is 0 Å². The lowest BCUT2D eigenvalue weighted by Crippen LogP contribution is -2.27. The van der Waals surface area contributed by atoms with Gasteiger partial charge in [-0.2, -0.15) is 5.10 Å². The molecule has 0 spiro atoms. The Morgan fingerprint density at radius 2 is 2.14 bits per heavy atom. The number of nitrogens with one attached hydrogen (secondary N) is 2. The Labute approximate surface area is 187 Å². The maximum absolute atomic E-state index is 12.4. The van der Waals surface area contributed by atoms with Crippen LogP contribution in [0.4, 0.5) is 5.82 Å². The molecule has 2 heterocycles. The monoisotopic (exact) mass is 496 g/mol. The van der Waals surface area contributed by atoms with Gasteiger partial charge in [0, 0.05) is 17.6 Å². The van der Waals surface area contributed by atoms with E-state index in [0.29, 0.717) is 34.7 Å².